The molecule has 0 saturated carbocycles. The van der Waals surface area contributed by atoms with Gasteiger partial charge >= 0.3 is 5.97 Å². The monoisotopic (exact) mass is 174 g/mol. The number of carboxylic acids is 1. The minimum atomic E-state index is -1.04. The Morgan fingerprint density at radius 3 is 2.33 bits per heavy atom. The van der Waals surface area contributed by atoms with Gasteiger partial charge in [0.25, 0.3) is 0 Å². The van der Waals surface area contributed by atoms with Crippen LogP contribution in [0.2, 0.25) is 0 Å². The average Bonchev–Trinajstić information content (AvgIpc) is 1.98. The summed E-state index contributed by atoms with van der Waals surface area (Å²) >= 11 is 0. The molecule has 0 rings (SSSR count). The summed E-state index contributed by atoms with van der Waals surface area (Å²) in [5.74, 6) is -1.48. The van der Waals surface area contributed by atoms with Gasteiger partial charge in [0, 0.05) is 0 Å². The Balaban J connectivity index is 4.03. The highest BCUT2D eigenvalue weighted by molar-refractivity contribution is 5.86. The first-order valence-corrected chi connectivity index (χ1v) is 3.77. The number of hydrogen-bond acceptors (Lipinski definition) is 3. The van der Waals surface area contributed by atoms with Gasteiger partial charge < -0.3 is 16.2 Å². The van der Waals surface area contributed by atoms with Crippen LogP contribution in [0.4, 0.5) is 0 Å². The Hall–Kier alpha value is -1.10. The number of amides is 1. The van der Waals surface area contributed by atoms with Crippen molar-refractivity contribution in [2.24, 2.45) is 5.73 Å². The van der Waals surface area contributed by atoms with Crippen molar-refractivity contribution in [3.8, 4) is 0 Å². The van der Waals surface area contributed by atoms with Gasteiger partial charge in [-0.05, 0) is 13.3 Å². The molecule has 4 N–H and O–H groups in total. The summed E-state index contributed by atoms with van der Waals surface area (Å²) in [5.41, 5.74) is 5.23. The van der Waals surface area contributed by atoms with E-state index in [-0.39, 0.29) is 0 Å². The summed E-state index contributed by atoms with van der Waals surface area (Å²) in [7, 11) is 0. The lowest BCUT2D eigenvalue weighted by atomic mass is 10.2. The predicted octanol–water partition coefficient (Wildman–Crippen LogP) is -0.687. The summed E-state index contributed by atoms with van der Waals surface area (Å²) in [5, 5.41) is 10.9. The van der Waals surface area contributed by atoms with Crippen molar-refractivity contribution in [2.45, 2.75) is 32.4 Å². The van der Waals surface area contributed by atoms with Crippen molar-refractivity contribution >= 4 is 11.9 Å². The maximum absolute atomic E-state index is 10.9. The summed E-state index contributed by atoms with van der Waals surface area (Å²) < 4.78 is 0. The fourth-order valence-electron chi connectivity index (χ4n) is 0.642. The molecule has 0 heterocycles. The van der Waals surface area contributed by atoms with Gasteiger partial charge in [0.05, 0.1) is 6.04 Å². The number of rotatable bonds is 4. The Bertz CT molecular complexity index is 179. The highest BCUT2D eigenvalue weighted by atomic mass is 16.4. The molecule has 0 spiro atoms. The Morgan fingerprint density at radius 2 is 2.08 bits per heavy atom. The maximum atomic E-state index is 10.9. The molecule has 5 nitrogen and oxygen atoms in total. The Labute approximate surface area is 70.9 Å². The molecule has 0 aliphatic heterocycles. The van der Waals surface area contributed by atoms with Gasteiger partial charge in [-0.15, -0.1) is 0 Å². The van der Waals surface area contributed by atoms with E-state index in [1.165, 1.54) is 6.92 Å². The molecule has 0 aromatic rings. The van der Waals surface area contributed by atoms with Gasteiger partial charge in [-0.1, -0.05) is 6.92 Å². The van der Waals surface area contributed by atoms with Gasteiger partial charge in [0.2, 0.25) is 5.91 Å². The molecule has 0 aromatic carbocycles. The van der Waals surface area contributed by atoms with E-state index in [0.717, 1.165) is 0 Å². The third kappa shape index (κ3) is 3.34. The lowest BCUT2D eigenvalue weighted by Gasteiger charge is -2.13. The van der Waals surface area contributed by atoms with Crippen LogP contribution in [0.1, 0.15) is 20.3 Å². The molecule has 0 aromatic heterocycles. The summed E-state index contributed by atoms with van der Waals surface area (Å²) in [6, 6.07) is -1.50. The van der Waals surface area contributed by atoms with Gasteiger partial charge in [-0.25, -0.2) is 4.79 Å². The molecule has 0 fully saturated rings. The van der Waals surface area contributed by atoms with E-state index in [2.05, 4.69) is 5.32 Å². The summed E-state index contributed by atoms with van der Waals surface area (Å²) in [4.78, 5) is 21.4. The molecule has 12 heavy (non-hydrogen) atoms. The van der Waals surface area contributed by atoms with Crippen molar-refractivity contribution in [1.82, 2.24) is 5.32 Å². The number of hydrogen-bond donors (Lipinski definition) is 3. The van der Waals surface area contributed by atoms with Crippen molar-refractivity contribution in [3.05, 3.63) is 0 Å². The van der Waals surface area contributed by atoms with E-state index in [1.54, 1.807) is 6.92 Å². The smallest absolute Gasteiger partial charge is 0.326 e. The molecule has 0 radical (unpaired) electrons. The van der Waals surface area contributed by atoms with Crippen LogP contribution in [0.25, 0.3) is 0 Å². The topological polar surface area (TPSA) is 92.4 Å². The van der Waals surface area contributed by atoms with Crippen LogP contribution in [-0.2, 0) is 9.59 Å². The fraction of sp³-hybridized carbons (Fsp3) is 0.714. The van der Waals surface area contributed by atoms with E-state index in [9.17, 15) is 9.59 Å². The minimum absolute atomic E-state index is 0.355. The Morgan fingerprint density at radius 1 is 1.58 bits per heavy atom. The quantitative estimate of drug-likeness (QED) is 0.526. The van der Waals surface area contributed by atoms with Crippen LogP contribution >= 0.6 is 0 Å². The second kappa shape index (κ2) is 4.71. The van der Waals surface area contributed by atoms with Crippen LogP contribution < -0.4 is 11.1 Å². The molecule has 0 saturated heterocycles. The molecule has 0 unspecified atom stereocenters. The van der Waals surface area contributed by atoms with Crippen LogP contribution in [0.3, 0.4) is 0 Å². The van der Waals surface area contributed by atoms with Gasteiger partial charge in [0.1, 0.15) is 6.04 Å². The Kier molecular flexibility index (Phi) is 4.28. The van der Waals surface area contributed by atoms with Gasteiger partial charge in [-0.3, -0.25) is 4.79 Å². The summed E-state index contributed by atoms with van der Waals surface area (Å²) in [6.45, 7) is 3.18. The number of carbonyl (C=O) groups excluding carboxylic acids is 1. The SMILES string of the molecule is CC[C@@H](NC(=O)[C@@H](C)N)C(=O)O. The van der Waals surface area contributed by atoms with Crippen molar-refractivity contribution in [3.63, 3.8) is 0 Å². The third-order valence-corrected chi connectivity index (χ3v) is 1.44. The molecule has 5 heteroatoms. The first-order valence-electron chi connectivity index (χ1n) is 3.77. The number of nitrogens with two attached hydrogens (primary N) is 1. The molecule has 2 atom stereocenters. The summed E-state index contributed by atoms with van der Waals surface area (Å²) in [6.07, 6.45) is 0.355. The van der Waals surface area contributed by atoms with Crippen LogP contribution in [-0.4, -0.2) is 29.1 Å². The fourth-order valence-corrected chi connectivity index (χ4v) is 0.642. The third-order valence-electron chi connectivity index (χ3n) is 1.44. The lowest BCUT2D eigenvalue weighted by molar-refractivity contribution is -0.142. The predicted molar refractivity (Wildman–Crippen MR) is 43.5 cm³/mol. The first-order chi connectivity index (χ1) is 5.49. The molecule has 1 amide bonds. The van der Waals surface area contributed by atoms with E-state index in [0.29, 0.717) is 6.42 Å². The zero-order valence-electron chi connectivity index (χ0n) is 7.20. The second-order valence-electron chi connectivity index (χ2n) is 2.60. The first kappa shape index (κ1) is 10.9. The average molecular weight is 174 g/mol. The van der Waals surface area contributed by atoms with Gasteiger partial charge in [-0.2, -0.15) is 0 Å². The zero-order chi connectivity index (χ0) is 9.72. The molecular weight excluding hydrogens is 160 g/mol. The highest BCUT2D eigenvalue weighted by Crippen LogP contribution is 1.91. The second-order valence-corrected chi connectivity index (χ2v) is 2.60. The molecule has 70 valence electrons. The van der Waals surface area contributed by atoms with E-state index in [4.69, 9.17) is 10.8 Å². The molecule has 0 bridgehead atoms. The highest BCUT2D eigenvalue weighted by Gasteiger charge is 2.18. The van der Waals surface area contributed by atoms with Gasteiger partial charge in [0.15, 0.2) is 0 Å². The number of nitrogens with one attached hydrogen (secondary N) is 1. The number of carboxylic acid groups (broad SMARTS) is 1. The van der Waals surface area contributed by atoms with Crippen LogP contribution in [0.15, 0.2) is 0 Å². The number of aliphatic carboxylic acids is 1. The van der Waals surface area contributed by atoms with E-state index in [1.807, 2.05) is 0 Å². The molecule has 0 aliphatic carbocycles. The molecule has 0 aliphatic rings. The number of carbonyl (C=O) groups is 2. The van der Waals surface area contributed by atoms with Crippen molar-refractivity contribution < 1.29 is 14.7 Å². The zero-order valence-corrected chi connectivity index (χ0v) is 7.20. The van der Waals surface area contributed by atoms with Crippen molar-refractivity contribution in [2.75, 3.05) is 0 Å². The largest absolute Gasteiger partial charge is 0.480 e. The lowest BCUT2D eigenvalue weighted by Crippen LogP contribution is -2.46. The van der Waals surface area contributed by atoms with Crippen LogP contribution in [0, 0.1) is 0 Å². The standard InChI is InChI=1S/C7H14N2O3/c1-3-5(7(11)12)9-6(10)4(2)8/h4-5H,3,8H2,1-2H3,(H,9,10)(H,11,12)/t4-,5-/m1/s1. The van der Waals surface area contributed by atoms with E-state index < -0.39 is 24.0 Å². The maximum Gasteiger partial charge on any atom is 0.326 e. The molecular formula is C7H14N2O3. The van der Waals surface area contributed by atoms with Crippen LogP contribution in [0.5, 0.6) is 0 Å². The van der Waals surface area contributed by atoms with Crippen molar-refractivity contribution in [1.29, 1.82) is 0 Å². The van der Waals surface area contributed by atoms with E-state index >= 15 is 0 Å². The minimum Gasteiger partial charge on any atom is -0.480 e. The normalized spacial score (nSPS) is 14.9.